The topological polar surface area (TPSA) is 81.8 Å². The third-order valence-corrected chi connectivity index (χ3v) is 8.71. The number of hydrogen-bond donors (Lipinski definition) is 2. The number of fused-ring (bicyclic) bond motifs is 5. The van der Waals surface area contributed by atoms with Gasteiger partial charge in [-0.15, -0.1) is 0 Å². The highest BCUT2D eigenvalue weighted by molar-refractivity contribution is 5.87. The van der Waals surface area contributed by atoms with Crippen LogP contribution in [0.2, 0.25) is 0 Å². The molecule has 7 atom stereocenters. The van der Waals surface area contributed by atoms with E-state index in [1.807, 2.05) is 0 Å². The van der Waals surface area contributed by atoms with Gasteiger partial charge in [0.05, 0.1) is 6.10 Å². The highest BCUT2D eigenvalue weighted by Gasteiger charge is 2.64. The Morgan fingerprint density at radius 3 is 2.48 bits per heavy atom. The summed E-state index contributed by atoms with van der Waals surface area (Å²) in [5.41, 5.74) is 6.64. The average molecular weight is 351 g/mol. The van der Waals surface area contributed by atoms with Crippen molar-refractivity contribution in [3.63, 3.8) is 0 Å². The molecule has 5 nitrogen and oxygen atoms in total. The summed E-state index contributed by atoms with van der Waals surface area (Å²) >= 11 is 0. The van der Waals surface area contributed by atoms with Gasteiger partial charge >= 0.3 is 0 Å². The molecule has 4 aliphatic carbocycles. The molecule has 0 unspecified atom stereocenters. The van der Waals surface area contributed by atoms with Crippen LogP contribution < -0.4 is 5.73 Å². The Hall–Kier alpha value is -0.490. The molecular formula is C20H33NO4. The lowest BCUT2D eigenvalue weighted by atomic mass is 9.46. The Labute approximate surface area is 150 Å². The van der Waals surface area contributed by atoms with Gasteiger partial charge in [0.25, 0.3) is 0 Å². The molecule has 0 saturated heterocycles. The molecule has 0 aliphatic heterocycles. The second-order valence-corrected chi connectivity index (χ2v) is 9.34. The van der Waals surface area contributed by atoms with Crippen molar-refractivity contribution in [3.8, 4) is 0 Å². The minimum atomic E-state index is -0.585. The Balaban J connectivity index is 1.65. The molecule has 0 amide bonds. The summed E-state index contributed by atoms with van der Waals surface area (Å²) in [7, 11) is 3.38. The molecule has 4 rings (SSSR count). The van der Waals surface area contributed by atoms with E-state index in [0.29, 0.717) is 36.9 Å². The van der Waals surface area contributed by atoms with E-state index in [2.05, 4.69) is 6.92 Å². The summed E-state index contributed by atoms with van der Waals surface area (Å²) in [6.45, 7) is 2.15. The van der Waals surface area contributed by atoms with Crippen LogP contribution in [0.5, 0.6) is 0 Å². The van der Waals surface area contributed by atoms with Gasteiger partial charge in [-0.05, 0) is 55.8 Å². The quantitative estimate of drug-likeness (QED) is 0.746. The van der Waals surface area contributed by atoms with Crippen LogP contribution in [0.15, 0.2) is 0 Å². The first kappa shape index (κ1) is 17.9. The van der Waals surface area contributed by atoms with Crippen molar-refractivity contribution in [2.45, 2.75) is 75.7 Å². The van der Waals surface area contributed by atoms with Crippen molar-refractivity contribution >= 4 is 5.78 Å². The van der Waals surface area contributed by atoms with Crippen molar-refractivity contribution < 1.29 is 19.4 Å². The van der Waals surface area contributed by atoms with Crippen molar-refractivity contribution in [2.24, 2.45) is 34.8 Å². The molecule has 4 fully saturated rings. The number of nitrogens with two attached hydrogens (primary N) is 1. The zero-order chi connectivity index (χ0) is 18.0. The zero-order valence-electron chi connectivity index (χ0n) is 15.8. The van der Waals surface area contributed by atoms with E-state index in [1.165, 1.54) is 0 Å². The van der Waals surface area contributed by atoms with E-state index >= 15 is 0 Å². The van der Waals surface area contributed by atoms with Crippen LogP contribution in [0.25, 0.3) is 0 Å². The summed E-state index contributed by atoms with van der Waals surface area (Å²) in [6, 6.07) is 0. The molecule has 0 aromatic rings. The molecule has 0 radical (unpaired) electrons. The van der Waals surface area contributed by atoms with Gasteiger partial charge in [-0.25, -0.2) is 0 Å². The van der Waals surface area contributed by atoms with E-state index in [4.69, 9.17) is 15.2 Å². The molecule has 0 spiro atoms. The summed E-state index contributed by atoms with van der Waals surface area (Å²) in [5.74, 6) is 0.837. The fourth-order valence-electron chi connectivity index (χ4n) is 7.10. The monoisotopic (exact) mass is 351 g/mol. The average Bonchev–Trinajstić information content (AvgIpc) is 2.92. The van der Waals surface area contributed by atoms with Gasteiger partial charge in [0.2, 0.25) is 0 Å². The van der Waals surface area contributed by atoms with Crippen LogP contribution in [0.3, 0.4) is 0 Å². The molecule has 0 bridgehead atoms. The van der Waals surface area contributed by atoms with E-state index in [0.717, 1.165) is 32.1 Å². The van der Waals surface area contributed by atoms with Crippen LogP contribution in [0.1, 0.15) is 58.3 Å². The SMILES string of the molecule is COC1(OC)CC[C@H]2[C@@H](C1)[C@H](O)C[C@H]1[C@@H]3CCC(=O)[C@@]3(C)CC[C@]21N. The molecule has 0 heterocycles. The number of ketones is 1. The lowest BCUT2D eigenvalue weighted by molar-refractivity contribution is -0.258. The number of methoxy groups -OCH3 is 2. The third kappa shape index (κ3) is 2.32. The van der Waals surface area contributed by atoms with Crippen LogP contribution in [0, 0.1) is 29.1 Å². The van der Waals surface area contributed by atoms with Gasteiger partial charge in [-0.2, -0.15) is 0 Å². The Kier molecular flexibility index (Phi) is 4.12. The number of aliphatic hydroxyl groups is 1. The van der Waals surface area contributed by atoms with Crippen molar-refractivity contribution in [1.29, 1.82) is 0 Å². The second-order valence-electron chi connectivity index (χ2n) is 9.34. The number of carbonyl (C=O) groups is 1. The van der Waals surface area contributed by atoms with Gasteiger partial charge in [0.1, 0.15) is 5.78 Å². The first-order valence-electron chi connectivity index (χ1n) is 9.90. The number of hydrogen-bond acceptors (Lipinski definition) is 5. The Bertz CT molecular complexity index is 562. The normalized spacial score (nSPS) is 51.6. The first-order chi connectivity index (χ1) is 11.8. The van der Waals surface area contributed by atoms with Crippen molar-refractivity contribution in [1.82, 2.24) is 0 Å². The van der Waals surface area contributed by atoms with Crippen LogP contribution in [0.4, 0.5) is 0 Å². The van der Waals surface area contributed by atoms with E-state index in [9.17, 15) is 9.90 Å². The molecule has 142 valence electrons. The lowest BCUT2D eigenvalue weighted by Crippen LogP contribution is -2.68. The maximum Gasteiger partial charge on any atom is 0.167 e. The fraction of sp³-hybridized carbons (Fsp3) is 0.950. The largest absolute Gasteiger partial charge is 0.393 e. The molecule has 5 heteroatoms. The summed E-state index contributed by atoms with van der Waals surface area (Å²) in [5, 5.41) is 11.0. The van der Waals surface area contributed by atoms with Crippen LogP contribution in [-0.2, 0) is 14.3 Å². The smallest absolute Gasteiger partial charge is 0.167 e. The molecular weight excluding hydrogens is 318 g/mol. The van der Waals surface area contributed by atoms with Crippen LogP contribution >= 0.6 is 0 Å². The summed E-state index contributed by atoms with van der Waals surface area (Å²) < 4.78 is 11.3. The highest BCUT2D eigenvalue weighted by atomic mass is 16.7. The maximum atomic E-state index is 12.5. The number of rotatable bonds is 2. The molecule has 4 saturated carbocycles. The van der Waals surface area contributed by atoms with Gasteiger partial charge in [-0.1, -0.05) is 6.92 Å². The van der Waals surface area contributed by atoms with E-state index in [1.54, 1.807) is 14.2 Å². The minimum Gasteiger partial charge on any atom is -0.393 e. The highest BCUT2D eigenvalue weighted by Crippen LogP contribution is 2.62. The lowest BCUT2D eigenvalue weighted by Gasteiger charge is -2.62. The summed E-state index contributed by atoms with van der Waals surface area (Å²) in [6.07, 6.45) is 6.23. The molecule has 0 aromatic carbocycles. The second kappa shape index (κ2) is 5.75. The summed E-state index contributed by atoms with van der Waals surface area (Å²) in [4.78, 5) is 12.5. The Morgan fingerprint density at radius 1 is 1.08 bits per heavy atom. The fourth-order valence-corrected chi connectivity index (χ4v) is 7.10. The van der Waals surface area contributed by atoms with E-state index < -0.39 is 5.79 Å². The van der Waals surface area contributed by atoms with Gasteiger partial charge in [-0.3, -0.25) is 4.79 Å². The van der Waals surface area contributed by atoms with Crippen LogP contribution in [-0.4, -0.2) is 42.5 Å². The predicted octanol–water partition coefficient (Wildman–Crippen LogP) is 2.25. The molecule has 25 heavy (non-hydrogen) atoms. The molecule has 4 aliphatic rings. The van der Waals surface area contributed by atoms with E-state index in [-0.39, 0.29) is 28.9 Å². The standard InChI is InChI=1S/C20H33NO4/c1-18-8-9-20(21)13-6-7-19(24-2,25-3)11-12(13)16(22)10-15(20)14(18)4-5-17(18)23/h12-16,22H,4-11,21H2,1-3H3/t12-,13+,14+,15+,16-,18+,20+/m1/s1. The number of ether oxygens (including phenoxy) is 2. The number of carbonyl (C=O) groups excluding carboxylic acids is 1. The molecule has 3 N–H and O–H groups in total. The van der Waals surface area contributed by atoms with Crippen molar-refractivity contribution in [3.05, 3.63) is 0 Å². The predicted molar refractivity (Wildman–Crippen MR) is 93.7 cm³/mol. The minimum absolute atomic E-state index is 0.122. The van der Waals surface area contributed by atoms with Gasteiger partial charge in [0, 0.05) is 44.4 Å². The number of Topliss-reactive ketones (excluding diaryl/α,β-unsaturated/α-hetero) is 1. The third-order valence-electron chi connectivity index (χ3n) is 8.71. The molecule has 0 aromatic heterocycles. The zero-order valence-corrected chi connectivity index (χ0v) is 15.8. The maximum absolute atomic E-state index is 12.5. The van der Waals surface area contributed by atoms with Crippen molar-refractivity contribution in [2.75, 3.05) is 14.2 Å². The first-order valence-corrected chi connectivity index (χ1v) is 9.90. The number of aliphatic hydroxyl groups excluding tert-OH is 1. The van der Waals surface area contributed by atoms with Gasteiger partial charge < -0.3 is 20.3 Å². The Morgan fingerprint density at radius 2 is 1.80 bits per heavy atom. The van der Waals surface area contributed by atoms with Gasteiger partial charge in [0.15, 0.2) is 5.79 Å².